The van der Waals surface area contributed by atoms with Gasteiger partial charge in [-0.05, 0) is 42.5 Å². The van der Waals surface area contributed by atoms with Crippen molar-refractivity contribution >= 4 is 17.5 Å². The highest BCUT2D eigenvalue weighted by molar-refractivity contribution is 6.30. The number of pyridine rings is 1. The maximum absolute atomic E-state index is 13.8. The van der Waals surface area contributed by atoms with Gasteiger partial charge in [0.05, 0.1) is 11.4 Å². The Bertz CT molecular complexity index is 1080. The van der Waals surface area contributed by atoms with E-state index in [9.17, 15) is 19.4 Å². The van der Waals surface area contributed by atoms with Crippen molar-refractivity contribution < 1.29 is 19.4 Å². The van der Waals surface area contributed by atoms with E-state index >= 15 is 0 Å². The lowest BCUT2D eigenvalue weighted by molar-refractivity contribution is -0.120. The molecule has 1 aliphatic carbocycles. The maximum atomic E-state index is 13.8. The number of aromatic nitrogens is 4. The van der Waals surface area contributed by atoms with E-state index in [2.05, 4.69) is 20.4 Å². The number of nitrogens with zero attached hydrogens (tertiary/aromatic N) is 4. The summed E-state index contributed by atoms with van der Waals surface area (Å²) in [7, 11) is 0. The minimum absolute atomic E-state index is 0.0150. The van der Waals surface area contributed by atoms with Crippen molar-refractivity contribution in [2.45, 2.75) is 32.4 Å². The van der Waals surface area contributed by atoms with E-state index in [1.807, 2.05) is 0 Å². The Labute approximate surface area is 176 Å². The van der Waals surface area contributed by atoms with E-state index < -0.39 is 5.82 Å². The molecule has 1 aromatic carbocycles. The largest absolute Gasteiger partial charge is 0.493 e. The van der Waals surface area contributed by atoms with Crippen molar-refractivity contribution in [3.8, 4) is 23.1 Å². The number of halogens is 2. The average molecular weight is 432 g/mol. The summed E-state index contributed by atoms with van der Waals surface area (Å²) in [6, 6.07) is 7.05. The Hall–Kier alpha value is -3.20. The zero-order valence-electron chi connectivity index (χ0n) is 15.8. The quantitative estimate of drug-likeness (QED) is 0.530. The molecule has 0 aliphatic heterocycles. The van der Waals surface area contributed by atoms with Gasteiger partial charge in [-0.15, -0.1) is 0 Å². The first-order valence-corrected chi connectivity index (χ1v) is 9.80. The predicted molar refractivity (Wildman–Crippen MR) is 106 cm³/mol. The van der Waals surface area contributed by atoms with Crippen LogP contribution in [0.3, 0.4) is 0 Å². The summed E-state index contributed by atoms with van der Waals surface area (Å²) in [5, 5.41) is 26.1. The van der Waals surface area contributed by atoms with Gasteiger partial charge in [0, 0.05) is 30.8 Å². The van der Waals surface area contributed by atoms with E-state index in [0.717, 1.165) is 12.8 Å². The molecule has 0 saturated heterocycles. The summed E-state index contributed by atoms with van der Waals surface area (Å²) in [5.74, 6) is -0.208. The van der Waals surface area contributed by atoms with Gasteiger partial charge in [0.25, 0.3) is 0 Å². The third-order valence-electron chi connectivity index (χ3n) is 4.72. The Morgan fingerprint density at radius 3 is 2.60 bits per heavy atom. The van der Waals surface area contributed by atoms with E-state index in [1.54, 1.807) is 10.7 Å². The van der Waals surface area contributed by atoms with Crippen LogP contribution in [0, 0.1) is 11.7 Å². The molecule has 4 rings (SSSR count). The van der Waals surface area contributed by atoms with E-state index in [1.165, 1.54) is 24.3 Å². The van der Waals surface area contributed by atoms with Crippen LogP contribution in [0.4, 0.5) is 4.39 Å². The van der Waals surface area contributed by atoms with Gasteiger partial charge < -0.3 is 15.5 Å². The molecule has 0 atom stereocenters. The summed E-state index contributed by atoms with van der Waals surface area (Å²) in [5.41, 5.74) is 0.987. The molecule has 1 aliphatic rings. The number of carbonyl (C=O) groups excluding carboxylic acids is 1. The molecular weight excluding hydrogens is 413 g/mol. The predicted octanol–water partition coefficient (Wildman–Crippen LogP) is 2.81. The molecule has 0 unspecified atom stereocenters. The van der Waals surface area contributed by atoms with Crippen LogP contribution >= 0.6 is 11.6 Å². The molecule has 0 spiro atoms. The topological polar surface area (TPSA) is 113 Å². The summed E-state index contributed by atoms with van der Waals surface area (Å²) in [4.78, 5) is 20.3. The second-order valence-electron chi connectivity index (χ2n) is 7.25. The highest BCUT2D eigenvalue weighted by atomic mass is 35.5. The average Bonchev–Trinajstić information content (AvgIpc) is 3.42. The monoisotopic (exact) mass is 431 g/mol. The molecule has 0 bridgehead atoms. The van der Waals surface area contributed by atoms with Gasteiger partial charge in [-0.25, -0.2) is 14.1 Å². The second kappa shape index (κ2) is 8.27. The fourth-order valence-corrected chi connectivity index (χ4v) is 3.14. The number of hydrogen-bond acceptors (Lipinski definition) is 6. The van der Waals surface area contributed by atoms with E-state index in [0.29, 0.717) is 35.2 Å². The number of hydrogen-bond donors (Lipinski definition) is 3. The van der Waals surface area contributed by atoms with Crippen LogP contribution in [-0.4, -0.2) is 35.9 Å². The maximum Gasteiger partial charge on any atom is 0.227 e. The lowest BCUT2D eigenvalue weighted by atomic mass is 10.2. The molecule has 1 amide bonds. The molecular formula is C20H19ClFN5O3. The zero-order valence-corrected chi connectivity index (χ0v) is 16.6. The van der Waals surface area contributed by atoms with Crippen molar-refractivity contribution in [2.24, 2.45) is 5.92 Å². The number of nitrogens with one attached hydrogen (secondary N) is 1. The molecule has 156 valence electrons. The highest BCUT2D eigenvalue weighted by Gasteiger charge is 2.25. The smallest absolute Gasteiger partial charge is 0.227 e. The van der Waals surface area contributed by atoms with Gasteiger partial charge in [-0.1, -0.05) is 11.6 Å². The summed E-state index contributed by atoms with van der Waals surface area (Å²) in [6.45, 7) is 0.756. The van der Waals surface area contributed by atoms with Crippen LogP contribution in [0.15, 0.2) is 30.3 Å². The molecule has 3 aromatic rings. The Kier molecular flexibility index (Phi) is 5.54. The normalized spacial score (nSPS) is 13.4. The fraction of sp³-hybridized carbons (Fsp3) is 0.300. The molecule has 2 aromatic heterocycles. The third-order valence-corrected chi connectivity index (χ3v) is 5.03. The van der Waals surface area contributed by atoms with Crippen LogP contribution < -0.4 is 5.32 Å². The first-order chi connectivity index (χ1) is 14.4. The Morgan fingerprint density at radius 1 is 1.20 bits per heavy atom. The number of benzene rings is 1. The lowest BCUT2D eigenvalue weighted by Crippen LogP contribution is -2.26. The van der Waals surface area contributed by atoms with Crippen molar-refractivity contribution in [3.63, 3.8) is 0 Å². The van der Waals surface area contributed by atoms with Gasteiger partial charge in [0.1, 0.15) is 11.6 Å². The number of rotatable bonds is 7. The molecule has 0 radical (unpaired) electrons. The summed E-state index contributed by atoms with van der Waals surface area (Å²) < 4.78 is 15.5. The fourth-order valence-electron chi connectivity index (χ4n) is 3.02. The number of carbonyl (C=O) groups is 1. The van der Waals surface area contributed by atoms with Crippen LogP contribution in [0.1, 0.15) is 24.2 Å². The minimum Gasteiger partial charge on any atom is -0.493 e. The van der Waals surface area contributed by atoms with Gasteiger partial charge in [0.15, 0.2) is 5.82 Å². The molecule has 30 heavy (non-hydrogen) atoms. The van der Waals surface area contributed by atoms with Gasteiger partial charge in [-0.2, -0.15) is 10.1 Å². The van der Waals surface area contributed by atoms with E-state index in [4.69, 9.17) is 11.6 Å². The Morgan fingerprint density at radius 2 is 1.93 bits per heavy atom. The zero-order chi connectivity index (χ0) is 21.3. The Balaban J connectivity index is 1.49. The molecule has 1 saturated carbocycles. The van der Waals surface area contributed by atoms with Crippen LogP contribution in [-0.2, 0) is 24.3 Å². The third kappa shape index (κ3) is 4.85. The van der Waals surface area contributed by atoms with E-state index in [-0.39, 0.29) is 35.7 Å². The lowest BCUT2D eigenvalue weighted by Gasteiger charge is -2.07. The number of amides is 1. The first kappa shape index (κ1) is 20.1. The van der Waals surface area contributed by atoms with Crippen molar-refractivity contribution in [1.29, 1.82) is 0 Å². The molecule has 10 heteroatoms. The van der Waals surface area contributed by atoms with Crippen molar-refractivity contribution in [1.82, 2.24) is 25.1 Å². The van der Waals surface area contributed by atoms with Gasteiger partial charge in [-0.3, -0.25) is 4.79 Å². The minimum atomic E-state index is -0.559. The molecule has 8 nitrogen and oxygen atoms in total. The summed E-state index contributed by atoms with van der Waals surface area (Å²) >= 11 is 5.75. The van der Waals surface area contributed by atoms with Crippen molar-refractivity contribution in [3.05, 3.63) is 52.6 Å². The van der Waals surface area contributed by atoms with Gasteiger partial charge in [0.2, 0.25) is 17.7 Å². The van der Waals surface area contributed by atoms with Crippen LogP contribution in [0.25, 0.3) is 11.4 Å². The molecule has 2 heterocycles. The summed E-state index contributed by atoms with van der Waals surface area (Å²) in [6.07, 6.45) is 2.19. The first-order valence-electron chi connectivity index (χ1n) is 9.42. The van der Waals surface area contributed by atoms with Crippen LogP contribution in [0.5, 0.6) is 11.8 Å². The van der Waals surface area contributed by atoms with Gasteiger partial charge >= 0.3 is 0 Å². The highest BCUT2D eigenvalue weighted by Crippen LogP contribution is 2.31. The second-order valence-corrected chi connectivity index (χ2v) is 7.66. The SMILES string of the molecule is O=C(Cc1nc(-c2ccc(Cl)c(F)c2)nn1CC1CC1)NCc1cc(O)nc(O)c1. The molecule has 3 N–H and O–H groups in total. The standard InChI is InChI=1S/C20H19ClFN5O3/c21-14-4-3-13(7-15(14)22)20-24-16(27(26-20)10-11-1-2-11)8-17(28)23-9-12-5-18(29)25-19(30)6-12/h3-7,11H,1-2,8-10H2,(H,23,28)(H2,25,29,30). The number of aromatic hydroxyl groups is 2. The molecule has 1 fully saturated rings. The van der Waals surface area contributed by atoms with Crippen LogP contribution in [0.2, 0.25) is 5.02 Å². The van der Waals surface area contributed by atoms with Crippen molar-refractivity contribution in [2.75, 3.05) is 0 Å².